The van der Waals surface area contributed by atoms with Gasteiger partial charge in [0.2, 0.25) is 0 Å². The molecule has 2 rings (SSSR count). The van der Waals surface area contributed by atoms with Crippen LogP contribution in [0, 0.1) is 17.0 Å². The second-order valence-electron chi connectivity index (χ2n) is 4.99. The maximum absolute atomic E-state index is 10.8. The number of aryl methyl sites for hydroxylation is 1. The van der Waals surface area contributed by atoms with Crippen LogP contribution in [0.5, 0.6) is 0 Å². The van der Waals surface area contributed by atoms with Gasteiger partial charge in [0, 0.05) is 31.7 Å². The third-order valence-electron chi connectivity index (χ3n) is 3.59. The normalized spacial score (nSPS) is 17.0. The van der Waals surface area contributed by atoms with Crippen LogP contribution in [0.3, 0.4) is 0 Å². The van der Waals surface area contributed by atoms with E-state index in [9.17, 15) is 10.1 Å². The van der Waals surface area contributed by atoms with Gasteiger partial charge in [-0.2, -0.15) is 0 Å². The van der Waals surface area contributed by atoms with E-state index in [4.69, 9.17) is 5.11 Å². The van der Waals surface area contributed by atoms with E-state index in [2.05, 4.69) is 14.8 Å². The van der Waals surface area contributed by atoms with E-state index in [1.807, 2.05) is 0 Å². The molecule has 0 aromatic carbocycles. The van der Waals surface area contributed by atoms with Gasteiger partial charge in [0.25, 0.3) is 5.69 Å². The number of aliphatic hydroxyl groups is 1. The second-order valence-corrected chi connectivity index (χ2v) is 4.99. The standard InChI is InChI=1S/C13H20N4O3/c1-11-9-13(14-10-12(11)17(19)20)16-4-2-3-15(5-6-16)7-8-18/h9-10,18H,2-8H2,1H3. The maximum Gasteiger partial charge on any atom is 0.290 e. The van der Waals surface area contributed by atoms with Crippen molar-refractivity contribution < 1.29 is 10.0 Å². The van der Waals surface area contributed by atoms with Crippen molar-refractivity contribution in [2.75, 3.05) is 44.2 Å². The summed E-state index contributed by atoms with van der Waals surface area (Å²) in [5, 5.41) is 19.8. The van der Waals surface area contributed by atoms with Gasteiger partial charge in [0.15, 0.2) is 0 Å². The Morgan fingerprint density at radius 1 is 1.40 bits per heavy atom. The van der Waals surface area contributed by atoms with E-state index in [0.29, 0.717) is 12.1 Å². The van der Waals surface area contributed by atoms with Crippen LogP contribution < -0.4 is 4.90 Å². The molecule has 1 N–H and O–H groups in total. The van der Waals surface area contributed by atoms with Crippen molar-refractivity contribution in [1.29, 1.82) is 0 Å². The fourth-order valence-electron chi connectivity index (χ4n) is 2.46. The Hall–Kier alpha value is -1.73. The Balaban J connectivity index is 2.08. The van der Waals surface area contributed by atoms with Crippen LogP contribution in [-0.2, 0) is 0 Å². The van der Waals surface area contributed by atoms with Crippen LogP contribution >= 0.6 is 0 Å². The summed E-state index contributed by atoms with van der Waals surface area (Å²) in [5.41, 5.74) is 0.696. The molecule has 0 atom stereocenters. The summed E-state index contributed by atoms with van der Waals surface area (Å²) >= 11 is 0. The SMILES string of the molecule is Cc1cc(N2CCCN(CCO)CC2)ncc1[N+](=O)[O-]. The smallest absolute Gasteiger partial charge is 0.290 e. The molecule has 0 aliphatic carbocycles. The molecule has 0 saturated carbocycles. The molecule has 0 spiro atoms. The van der Waals surface area contributed by atoms with E-state index < -0.39 is 4.92 Å². The number of pyridine rings is 1. The highest BCUT2D eigenvalue weighted by molar-refractivity contribution is 5.48. The lowest BCUT2D eigenvalue weighted by atomic mass is 10.2. The van der Waals surface area contributed by atoms with Gasteiger partial charge in [0.05, 0.1) is 11.5 Å². The highest BCUT2D eigenvalue weighted by Gasteiger charge is 2.18. The number of β-amino-alcohol motifs (C(OH)–C–C–N with tert-alkyl or cyclic N) is 1. The average molecular weight is 280 g/mol. The number of rotatable bonds is 4. The van der Waals surface area contributed by atoms with Gasteiger partial charge < -0.3 is 10.0 Å². The first-order chi connectivity index (χ1) is 9.61. The van der Waals surface area contributed by atoms with Crippen molar-refractivity contribution >= 4 is 11.5 Å². The molecule has 1 aliphatic rings. The molecular weight excluding hydrogens is 260 g/mol. The third-order valence-corrected chi connectivity index (χ3v) is 3.59. The minimum atomic E-state index is -0.405. The molecular formula is C13H20N4O3. The van der Waals surface area contributed by atoms with Crippen molar-refractivity contribution in [3.05, 3.63) is 27.9 Å². The molecule has 1 saturated heterocycles. The predicted octanol–water partition coefficient (Wildman–Crippen LogP) is 0.803. The van der Waals surface area contributed by atoms with Crippen molar-refractivity contribution in [3.63, 3.8) is 0 Å². The van der Waals surface area contributed by atoms with Crippen molar-refractivity contribution in [1.82, 2.24) is 9.88 Å². The van der Waals surface area contributed by atoms with Crippen molar-refractivity contribution in [2.24, 2.45) is 0 Å². The number of nitrogens with zero attached hydrogens (tertiary/aromatic N) is 4. The first-order valence-corrected chi connectivity index (χ1v) is 6.81. The first-order valence-electron chi connectivity index (χ1n) is 6.81. The monoisotopic (exact) mass is 280 g/mol. The molecule has 7 nitrogen and oxygen atoms in total. The Morgan fingerprint density at radius 3 is 2.85 bits per heavy atom. The second kappa shape index (κ2) is 6.62. The molecule has 1 aromatic rings. The summed E-state index contributed by atoms with van der Waals surface area (Å²) in [5.74, 6) is 0.791. The van der Waals surface area contributed by atoms with E-state index in [1.165, 1.54) is 6.20 Å². The van der Waals surface area contributed by atoms with E-state index >= 15 is 0 Å². The molecule has 1 aliphatic heterocycles. The predicted molar refractivity (Wildman–Crippen MR) is 76.0 cm³/mol. The highest BCUT2D eigenvalue weighted by Crippen LogP contribution is 2.22. The Labute approximate surface area is 118 Å². The maximum atomic E-state index is 10.8. The first kappa shape index (κ1) is 14.7. The topological polar surface area (TPSA) is 82.7 Å². The van der Waals surface area contributed by atoms with Crippen LogP contribution in [0.2, 0.25) is 0 Å². The number of aromatic nitrogens is 1. The molecule has 110 valence electrons. The summed E-state index contributed by atoms with van der Waals surface area (Å²) in [4.78, 5) is 19.0. The number of hydrogen-bond donors (Lipinski definition) is 1. The molecule has 0 radical (unpaired) electrons. The lowest BCUT2D eigenvalue weighted by Gasteiger charge is -2.22. The number of nitro groups is 1. The molecule has 1 aromatic heterocycles. The quantitative estimate of drug-likeness (QED) is 0.649. The van der Waals surface area contributed by atoms with Crippen molar-refractivity contribution in [2.45, 2.75) is 13.3 Å². The zero-order chi connectivity index (χ0) is 14.5. The van der Waals surface area contributed by atoms with Gasteiger partial charge in [-0.3, -0.25) is 15.0 Å². The van der Waals surface area contributed by atoms with E-state index in [-0.39, 0.29) is 12.3 Å². The summed E-state index contributed by atoms with van der Waals surface area (Å²) in [7, 11) is 0. The molecule has 0 bridgehead atoms. The molecule has 20 heavy (non-hydrogen) atoms. The number of hydrogen-bond acceptors (Lipinski definition) is 6. The summed E-state index contributed by atoms with van der Waals surface area (Å²) in [6.45, 7) is 6.15. The lowest BCUT2D eigenvalue weighted by molar-refractivity contribution is -0.385. The lowest BCUT2D eigenvalue weighted by Crippen LogP contribution is -2.32. The van der Waals surface area contributed by atoms with Crippen LogP contribution in [0.25, 0.3) is 0 Å². The van der Waals surface area contributed by atoms with Gasteiger partial charge >= 0.3 is 0 Å². The van der Waals surface area contributed by atoms with E-state index in [0.717, 1.165) is 38.4 Å². The van der Waals surface area contributed by atoms with Gasteiger partial charge in [-0.15, -0.1) is 0 Å². The molecule has 7 heteroatoms. The summed E-state index contributed by atoms with van der Waals surface area (Å²) in [6, 6.07) is 1.78. The fourth-order valence-corrected chi connectivity index (χ4v) is 2.46. The van der Waals surface area contributed by atoms with Gasteiger partial charge in [-0.05, 0) is 26.0 Å². The molecule has 1 fully saturated rings. The molecule has 0 amide bonds. The van der Waals surface area contributed by atoms with Gasteiger partial charge in [0.1, 0.15) is 12.0 Å². The minimum Gasteiger partial charge on any atom is -0.395 e. The van der Waals surface area contributed by atoms with Crippen molar-refractivity contribution in [3.8, 4) is 0 Å². The van der Waals surface area contributed by atoms with Crippen LogP contribution in [-0.4, -0.2) is 59.2 Å². The number of anilines is 1. The minimum absolute atomic E-state index is 0.0606. The zero-order valence-electron chi connectivity index (χ0n) is 11.7. The highest BCUT2D eigenvalue weighted by atomic mass is 16.6. The third kappa shape index (κ3) is 3.43. The fraction of sp³-hybridized carbons (Fsp3) is 0.615. The van der Waals surface area contributed by atoms with Crippen LogP contribution in [0.4, 0.5) is 11.5 Å². The van der Waals surface area contributed by atoms with E-state index in [1.54, 1.807) is 13.0 Å². The average Bonchev–Trinajstić information content (AvgIpc) is 2.64. The zero-order valence-corrected chi connectivity index (χ0v) is 11.7. The molecule has 2 heterocycles. The molecule has 0 unspecified atom stereocenters. The van der Waals surface area contributed by atoms with Crippen LogP contribution in [0.1, 0.15) is 12.0 Å². The Kier molecular flexibility index (Phi) is 4.86. The Bertz CT molecular complexity index is 481. The summed E-state index contributed by atoms with van der Waals surface area (Å²) in [6.07, 6.45) is 2.33. The van der Waals surface area contributed by atoms with Gasteiger partial charge in [-0.1, -0.05) is 0 Å². The van der Waals surface area contributed by atoms with Crippen LogP contribution in [0.15, 0.2) is 12.3 Å². The van der Waals surface area contributed by atoms with Gasteiger partial charge in [-0.25, -0.2) is 4.98 Å². The summed E-state index contributed by atoms with van der Waals surface area (Å²) < 4.78 is 0. The Morgan fingerprint density at radius 2 is 2.20 bits per heavy atom. The number of aliphatic hydroxyl groups excluding tert-OH is 1. The largest absolute Gasteiger partial charge is 0.395 e.